The van der Waals surface area contributed by atoms with Gasteiger partial charge in [0.05, 0.1) is 12.2 Å². The van der Waals surface area contributed by atoms with E-state index >= 15 is 0 Å². The summed E-state index contributed by atoms with van der Waals surface area (Å²) in [6, 6.07) is 4.56. The van der Waals surface area contributed by atoms with Gasteiger partial charge in [-0.25, -0.2) is 0 Å². The summed E-state index contributed by atoms with van der Waals surface area (Å²) in [5.41, 5.74) is 12.2. The van der Waals surface area contributed by atoms with Gasteiger partial charge in [-0.2, -0.15) is 0 Å². The fourth-order valence-electron chi connectivity index (χ4n) is 1.25. The molecule has 6 heteroatoms. The molecule has 0 bridgehead atoms. The number of rotatable bonds is 4. The van der Waals surface area contributed by atoms with Crippen LogP contribution in [0.1, 0.15) is 17.3 Å². The molecular formula is C11H15N3O3. The van der Waals surface area contributed by atoms with Crippen LogP contribution in [0.2, 0.25) is 0 Å². The van der Waals surface area contributed by atoms with Crippen molar-refractivity contribution in [3.8, 4) is 0 Å². The van der Waals surface area contributed by atoms with Crippen LogP contribution in [0.15, 0.2) is 18.2 Å². The highest BCUT2D eigenvalue weighted by Gasteiger charge is 2.11. The Labute approximate surface area is 98.9 Å². The molecule has 92 valence electrons. The van der Waals surface area contributed by atoms with E-state index < -0.39 is 11.9 Å². The van der Waals surface area contributed by atoms with E-state index in [4.69, 9.17) is 11.5 Å². The summed E-state index contributed by atoms with van der Waals surface area (Å²) in [6.07, 6.45) is 0. The first kappa shape index (κ1) is 12.8. The molecule has 0 radical (unpaired) electrons. The molecule has 0 spiro atoms. The maximum Gasteiger partial charge on any atom is 0.325 e. The molecule has 0 saturated heterocycles. The standard InChI is InChI=1S/C11H15N3O3/c1-2-17-10(15)6-14-11(16)8-4-3-7(12)5-9(8)13/h3-5H,2,6,12-13H2,1H3,(H,14,16). The van der Waals surface area contributed by atoms with Crippen molar-refractivity contribution in [1.82, 2.24) is 5.32 Å². The first-order valence-electron chi connectivity index (χ1n) is 5.13. The maximum absolute atomic E-state index is 11.6. The number of nitrogens with two attached hydrogens (primary N) is 2. The molecule has 0 unspecified atom stereocenters. The van der Waals surface area contributed by atoms with Gasteiger partial charge in [0.1, 0.15) is 6.54 Å². The Bertz CT molecular complexity index is 432. The van der Waals surface area contributed by atoms with E-state index in [9.17, 15) is 9.59 Å². The van der Waals surface area contributed by atoms with Crippen LogP contribution in [0, 0.1) is 0 Å². The number of amides is 1. The lowest BCUT2D eigenvalue weighted by Crippen LogP contribution is -2.31. The molecule has 1 aromatic rings. The van der Waals surface area contributed by atoms with Gasteiger partial charge in [0.15, 0.2) is 0 Å². The second-order valence-corrected chi connectivity index (χ2v) is 3.33. The predicted molar refractivity (Wildman–Crippen MR) is 64.2 cm³/mol. The molecule has 0 fully saturated rings. The Hall–Kier alpha value is -2.24. The van der Waals surface area contributed by atoms with Crippen molar-refractivity contribution in [2.24, 2.45) is 0 Å². The average molecular weight is 237 g/mol. The van der Waals surface area contributed by atoms with Gasteiger partial charge in [-0.05, 0) is 25.1 Å². The number of nitrogen functional groups attached to an aromatic ring is 2. The summed E-state index contributed by atoms with van der Waals surface area (Å²) in [4.78, 5) is 22.7. The van der Waals surface area contributed by atoms with Crippen LogP contribution < -0.4 is 16.8 Å². The number of esters is 1. The molecule has 17 heavy (non-hydrogen) atoms. The minimum Gasteiger partial charge on any atom is -0.465 e. The Balaban J connectivity index is 2.61. The Morgan fingerprint density at radius 1 is 1.35 bits per heavy atom. The highest BCUT2D eigenvalue weighted by Crippen LogP contribution is 2.15. The summed E-state index contributed by atoms with van der Waals surface area (Å²) in [5, 5.41) is 2.41. The molecule has 6 nitrogen and oxygen atoms in total. The Morgan fingerprint density at radius 2 is 2.06 bits per heavy atom. The number of ether oxygens (including phenoxy) is 1. The Kier molecular flexibility index (Phi) is 4.33. The van der Waals surface area contributed by atoms with E-state index in [0.29, 0.717) is 5.69 Å². The molecule has 0 atom stereocenters. The van der Waals surface area contributed by atoms with Crippen molar-refractivity contribution in [2.75, 3.05) is 24.6 Å². The number of carbonyl (C=O) groups excluding carboxylic acids is 2. The van der Waals surface area contributed by atoms with Gasteiger partial charge in [-0.3, -0.25) is 9.59 Å². The lowest BCUT2D eigenvalue weighted by atomic mass is 10.1. The second kappa shape index (κ2) is 5.74. The van der Waals surface area contributed by atoms with Crippen molar-refractivity contribution < 1.29 is 14.3 Å². The summed E-state index contributed by atoms with van der Waals surface area (Å²) in [5.74, 6) is -0.926. The first-order chi connectivity index (χ1) is 8.04. The third kappa shape index (κ3) is 3.67. The van der Waals surface area contributed by atoms with Crippen LogP contribution in [0.25, 0.3) is 0 Å². The van der Waals surface area contributed by atoms with E-state index in [1.807, 2.05) is 0 Å². The number of hydrogen-bond acceptors (Lipinski definition) is 5. The predicted octanol–water partition coefficient (Wildman–Crippen LogP) is 0.144. The number of nitrogens with one attached hydrogen (secondary N) is 1. The zero-order chi connectivity index (χ0) is 12.8. The molecule has 0 heterocycles. The van der Waals surface area contributed by atoms with Crippen LogP contribution in [0.4, 0.5) is 11.4 Å². The molecule has 0 aliphatic rings. The van der Waals surface area contributed by atoms with E-state index in [2.05, 4.69) is 10.1 Å². The third-order valence-electron chi connectivity index (χ3n) is 2.02. The third-order valence-corrected chi connectivity index (χ3v) is 2.02. The normalized spacial score (nSPS) is 9.71. The van der Waals surface area contributed by atoms with Gasteiger partial charge in [0.25, 0.3) is 5.91 Å². The summed E-state index contributed by atoms with van der Waals surface area (Å²) in [6.45, 7) is 1.78. The summed E-state index contributed by atoms with van der Waals surface area (Å²) in [7, 11) is 0. The SMILES string of the molecule is CCOC(=O)CNC(=O)c1ccc(N)cc1N. The lowest BCUT2D eigenvalue weighted by molar-refractivity contribution is -0.141. The van der Waals surface area contributed by atoms with Crippen LogP contribution in [-0.2, 0) is 9.53 Å². The highest BCUT2D eigenvalue weighted by atomic mass is 16.5. The fourth-order valence-corrected chi connectivity index (χ4v) is 1.25. The van der Waals surface area contributed by atoms with Crippen molar-refractivity contribution in [3.05, 3.63) is 23.8 Å². The van der Waals surface area contributed by atoms with Crippen molar-refractivity contribution >= 4 is 23.3 Å². The van der Waals surface area contributed by atoms with Crippen LogP contribution in [-0.4, -0.2) is 25.0 Å². The van der Waals surface area contributed by atoms with Crippen LogP contribution >= 0.6 is 0 Å². The molecule has 0 aliphatic carbocycles. The van der Waals surface area contributed by atoms with Crippen molar-refractivity contribution in [3.63, 3.8) is 0 Å². The largest absolute Gasteiger partial charge is 0.465 e. The maximum atomic E-state index is 11.6. The van der Waals surface area contributed by atoms with E-state index in [1.54, 1.807) is 13.0 Å². The first-order valence-corrected chi connectivity index (χ1v) is 5.13. The molecule has 1 amide bonds. The van der Waals surface area contributed by atoms with Crippen LogP contribution in [0.5, 0.6) is 0 Å². The minimum atomic E-state index is -0.491. The van der Waals surface area contributed by atoms with Gasteiger partial charge in [0, 0.05) is 11.4 Å². The van der Waals surface area contributed by atoms with E-state index in [0.717, 1.165) is 0 Å². The highest BCUT2D eigenvalue weighted by molar-refractivity contribution is 6.00. The number of hydrogen-bond donors (Lipinski definition) is 3. The van der Waals surface area contributed by atoms with Gasteiger partial charge < -0.3 is 21.5 Å². The monoisotopic (exact) mass is 237 g/mol. The van der Waals surface area contributed by atoms with Gasteiger partial charge >= 0.3 is 5.97 Å². The van der Waals surface area contributed by atoms with E-state index in [-0.39, 0.29) is 24.4 Å². The zero-order valence-electron chi connectivity index (χ0n) is 9.53. The fraction of sp³-hybridized carbons (Fsp3) is 0.273. The Morgan fingerprint density at radius 3 is 2.65 bits per heavy atom. The molecule has 1 rings (SSSR count). The number of anilines is 2. The van der Waals surface area contributed by atoms with Gasteiger partial charge in [-0.1, -0.05) is 0 Å². The number of carbonyl (C=O) groups is 2. The van der Waals surface area contributed by atoms with Gasteiger partial charge in [-0.15, -0.1) is 0 Å². The summed E-state index contributed by atoms with van der Waals surface area (Å²) < 4.78 is 4.67. The zero-order valence-corrected chi connectivity index (χ0v) is 9.53. The topological polar surface area (TPSA) is 107 Å². The number of benzene rings is 1. The second-order valence-electron chi connectivity index (χ2n) is 3.33. The quantitative estimate of drug-likeness (QED) is 0.510. The molecule has 0 aromatic heterocycles. The van der Waals surface area contributed by atoms with Crippen molar-refractivity contribution in [2.45, 2.75) is 6.92 Å². The van der Waals surface area contributed by atoms with E-state index in [1.165, 1.54) is 12.1 Å². The molecule has 0 aliphatic heterocycles. The van der Waals surface area contributed by atoms with Gasteiger partial charge in [0.2, 0.25) is 0 Å². The summed E-state index contributed by atoms with van der Waals surface area (Å²) >= 11 is 0. The average Bonchev–Trinajstić information content (AvgIpc) is 2.26. The smallest absolute Gasteiger partial charge is 0.325 e. The molecule has 0 saturated carbocycles. The minimum absolute atomic E-state index is 0.184. The molecular weight excluding hydrogens is 222 g/mol. The lowest BCUT2D eigenvalue weighted by Gasteiger charge is -2.07. The molecule has 1 aromatic carbocycles. The van der Waals surface area contributed by atoms with Crippen LogP contribution in [0.3, 0.4) is 0 Å². The molecule has 5 N–H and O–H groups in total. The van der Waals surface area contributed by atoms with Crippen molar-refractivity contribution in [1.29, 1.82) is 0 Å².